The van der Waals surface area contributed by atoms with Crippen LogP contribution in [0.1, 0.15) is 6.23 Å². The molecule has 3 nitrogen and oxygen atoms in total. The van der Waals surface area contributed by atoms with E-state index in [0.717, 1.165) is 11.0 Å². The van der Waals surface area contributed by atoms with Crippen molar-refractivity contribution in [3.8, 4) is 0 Å². The van der Waals surface area contributed by atoms with Crippen LogP contribution in [0.15, 0.2) is 30.6 Å². The Morgan fingerprint density at radius 2 is 1.93 bits per heavy atom. The Kier molecular flexibility index (Phi) is 2.81. The van der Waals surface area contributed by atoms with Gasteiger partial charge in [-0.25, -0.2) is 4.98 Å². The van der Waals surface area contributed by atoms with E-state index in [2.05, 4.69) is 4.98 Å². The average molecular weight is 266 g/mol. The molecule has 15 heavy (non-hydrogen) atoms. The maximum atomic E-state index is 9.77. The normalized spacial score (nSPS) is 14.4. The summed E-state index contributed by atoms with van der Waals surface area (Å²) in [6.07, 6.45) is 0.187. The summed E-state index contributed by atoms with van der Waals surface area (Å²) in [7, 11) is 0. The van der Waals surface area contributed by atoms with Gasteiger partial charge in [0.25, 0.3) is 0 Å². The molecule has 0 aliphatic carbocycles. The number of alkyl halides is 3. The summed E-state index contributed by atoms with van der Waals surface area (Å²) >= 11 is 16.8. The van der Waals surface area contributed by atoms with Crippen molar-refractivity contribution < 1.29 is 5.11 Å². The van der Waals surface area contributed by atoms with E-state index in [-0.39, 0.29) is 0 Å². The van der Waals surface area contributed by atoms with E-state index >= 15 is 0 Å². The number of imidazole rings is 1. The van der Waals surface area contributed by atoms with Crippen LogP contribution in [0.25, 0.3) is 11.0 Å². The van der Waals surface area contributed by atoms with E-state index in [1.165, 1.54) is 10.9 Å². The molecule has 0 aliphatic heterocycles. The van der Waals surface area contributed by atoms with Gasteiger partial charge in [-0.1, -0.05) is 46.9 Å². The van der Waals surface area contributed by atoms with Crippen molar-refractivity contribution in [3.63, 3.8) is 0 Å². The number of aliphatic hydroxyl groups is 1. The lowest BCUT2D eigenvalue weighted by atomic mass is 10.3. The molecule has 1 heterocycles. The van der Waals surface area contributed by atoms with Gasteiger partial charge in [-0.2, -0.15) is 0 Å². The Balaban J connectivity index is 2.53. The molecular weight excluding hydrogens is 258 g/mol. The number of aliphatic hydroxyl groups excluding tert-OH is 1. The third-order valence-corrected chi connectivity index (χ3v) is 2.62. The molecule has 2 rings (SSSR count). The maximum absolute atomic E-state index is 9.77. The minimum absolute atomic E-state index is 0.719. The molecule has 1 aromatic heterocycles. The maximum Gasteiger partial charge on any atom is 0.234 e. The smallest absolute Gasteiger partial charge is 0.234 e. The number of fused-ring (bicyclic) bond motifs is 1. The molecule has 1 aromatic carbocycles. The molecule has 0 saturated heterocycles. The lowest BCUT2D eigenvalue weighted by molar-refractivity contribution is 0.112. The standard InChI is InChI=1S/C9H7Cl3N2O/c10-9(11,12)8(15)14-5-13-6-3-1-2-4-7(6)14/h1-5,8,15H/t8-/m0/s1. The average Bonchev–Trinajstić information content (AvgIpc) is 2.58. The Bertz CT molecular complexity index is 477. The number of nitrogens with zero attached hydrogens (tertiary/aromatic N) is 2. The second-order valence-corrected chi connectivity index (χ2v) is 5.42. The highest BCUT2D eigenvalue weighted by atomic mass is 35.6. The number of hydrogen-bond acceptors (Lipinski definition) is 2. The van der Waals surface area contributed by atoms with E-state index in [1.54, 1.807) is 6.07 Å². The highest BCUT2D eigenvalue weighted by molar-refractivity contribution is 6.67. The fourth-order valence-corrected chi connectivity index (χ4v) is 1.65. The summed E-state index contributed by atoms with van der Waals surface area (Å²) in [4.78, 5) is 4.08. The predicted molar refractivity (Wildman–Crippen MR) is 61.3 cm³/mol. The molecule has 0 unspecified atom stereocenters. The van der Waals surface area contributed by atoms with Crippen molar-refractivity contribution in [2.45, 2.75) is 10.0 Å². The van der Waals surface area contributed by atoms with E-state index in [1.807, 2.05) is 18.2 Å². The largest absolute Gasteiger partial charge is 0.369 e. The summed E-state index contributed by atoms with van der Waals surface area (Å²) in [5.41, 5.74) is 1.46. The van der Waals surface area contributed by atoms with Gasteiger partial charge in [0.1, 0.15) is 0 Å². The van der Waals surface area contributed by atoms with Gasteiger partial charge in [-0.05, 0) is 12.1 Å². The van der Waals surface area contributed by atoms with E-state index in [4.69, 9.17) is 34.8 Å². The van der Waals surface area contributed by atoms with Crippen LogP contribution in [0.2, 0.25) is 0 Å². The van der Waals surface area contributed by atoms with E-state index < -0.39 is 10.0 Å². The molecule has 0 amide bonds. The summed E-state index contributed by atoms with van der Waals surface area (Å²) in [5, 5.41) is 9.77. The first-order valence-corrected chi connectivity index (χ1v) is 5.30. The molecule has 2 aromatic rings. The van der Waals surface area contributed by atoms with Crippen LogP contribution in [-0.4, -0.2) is 18.5 Å². The lowest BCUT2D eigenvalue weighted by Crippen LogP contribution is -2.22. The number of hydrogen-bond donors (Lipinski definition) is 1. The van der Waals surface area contributed by atoms with Gasteiger partial charge in [0.15, 0.2) is 6.23 Å². The molecule has 0 fully saturated rings. The number of rotatable bonds is 1. The number of aromatic nitrogens is 2. The van der Waals surface area contributed by atoms with Gasteiger partial charge >= 0.3 is 0 Å². The first-order valence-electron chi connectivity index (χ1n) is 4.16. The zero-order valence-corrected chi connectivity index (χ0v) is 9.71. The molecule has 0 bridgehead atoms. The summed E-state index contributed by atoms with van der Waals surface area (Å²) in [6, 6.07) is 7.28. The molecule has 1 N–H and O–H groups in total. The molecule has 0 spiro atoms. The minimum atomic E-state index is -1.77. The monoisotopic (exact) mass is 264 g/mol. The van der Waals surface area contributed by atoms with Crippen LogP contribution < -0.4 is 0 Å². The molecule has 0 radical (unpaired) electrons. The van der Waals surface area contributed by atoms with Crippen molar-refractivity contribution in [2.75, 3.05) is 0 Å². The van der Waals surface area contributed by atoms with E-state index in [0.29, 0.717) is 0 Å². The molecule has 80 valence electrons. The first kappa shape index (κ1) is 11.0. The Morgan fingerprint density at radius 3 is 2.60 bits per heavy atom. The molecular formula is C9H7Cl3N2O. The van der Waals surface area contributed by atoms with Crippen LogP contribution >= 0.6 is 34.8 Å². The van der Waals surface area contributed by atoms with Crippen molar-refractivity contribution in [2.24, 2.45) is 0 Å². The molecule has 1 atom stereocenters. The lowest BCUT2D eigenvalue weighted by Gasteiger charge is -2.20. The minimum Gasteiger partial charge on any atom is -0.369 e. The Labute approximate surface area is 101 Å². The molecule has 6 heteroatoms. The summed E-state index contributed by atoms with van der Waals surface area (Å²) in [6.45, 7) is 0. The first-order chi connectivity index (χ1) is 7.00. The van der Waals surface area contributed by atoms with Crippen molar-refractivity contribution in [3.05, 3.63) is 30.6 Å². The quantitative estimate of drug-likeness (QED) is 0.805. The number of para-hydroxylation sites is 2. The fourth-order valence-electron chi connectivity index (χ4n) is 1.33. The van der Waals surface area contributed by atoms with Crippen LogP contribution in [0.3, 0.4) is 0 Å². The Morgan fingerprint density at radius 1 is 1.27 bits per heavy atom. The predicted octanol–water partition coefficient (Wildman–Crippen LogP) is 2.90. The van der Waals surface area contributed by atoms with Crippen LogP contribution in [0.4, 0.5) is 0 Å². The van der Waals surface area contributed by atoms with E-state index in [9.17, 15) is 5.11 Å². The molecule has 0 aliphatic rings. The van der Waals surface area contributed by atoms with Crippen molar-refractivity contribution >= 4 is 45.8 Å². The van der Waals surface area contributed by atoms with Gasteiger partial charge in [0.2, 0.25) is 3.79 Å². The summed E-state index contributed by atoms with van der Waals surface area (Å²) in [5.74, 6) is 0. The van der Waals surface area contributed by atoms with Crippen LogP contribution in [-0.2, 0) is 0 Å². The van der Waals surface area contributed by atoms with Gasteiger partial charge < -0.3 is 5.11 Å². The second kappa shape index (κ2) is 3.83. The highest BCUT2D eigenvalue weighted by Gasteiger charge is 2.33. The van der Waals surface area contributed by atoms with Gasteiger partial charge in [0.05, 0.1) is 17.4 Å². The second-order valence-electron chi connectivity index (χ2n) is 3.06. The van der Waals surface area contributed by atoms with Crippen molar-refractivity contribution in [1.82, 2.24) is 9.55 Å². The van der Waals surface area contributed by atoms with Crippen molar-refractivity contribution in [1.29, 1.82) is 0 Å². The number of halogens is 3. The van der Waals surface area contributed by atoms with Gasteiger partial charge in [0, 0.05) is 0 Å². The highest BCUT2D eigenvalue weighted by Crippen LogP contribution is 2.37. The SMILES string of the molecule is O[C@H](n1cnc2ccccc21)C(Cl)(Cl)Cl. The Hall–Kier alpha value is -0.480. The van der Waals surface area contributed by atoms with Crippen LogP contribution in [0, 0.1) is 0 Å². The zero-order valence-electron chi connectivity index (χ0n) is 7.44. The van der Waals surface area contributed by atoms with Crippen LogP contribution in [0.5, 0.6) is 0 Å². The van der Waals surface area contributed by atoms with Gasteiger partial charge in [-0.15, -0.1) is 0 Å². The summed E-state index contributed by atoms with van der Waals surface area (Å²) < 4.78 is -0.355. The fraction of sp³-hybridized carbons (Fsp3) is 0.222. The third-order valence-electron chi connectivity index (χ3n) is 2.04. The zero-order chi connectivity index (χ0) is 11.1. The number of benzene rings is 1. The third kappa shape index (κ3) is 2.06. The molecule has 0 saturated carbocycles. The topological polar surface area (TPSA) is 38.0 Å². The van der Waals surface area contributed by atoms with Gasteiger partial charge in [-0.3, -0.25) is 4.57 Å².